The third kappa shape index (κ3) is 3.01. The zero-order valence-corrected chi connectivity index (χ0v) is 10.8. The highest BCUT2D eigenvalue weighted by Crippen LogP contribution is 2.20. The zero-order chi connectivity index (χ0) is 13.8. The van der Waals surface area contributed by atoms with Gasteiger partial charge in [-0.15, -0.1) is 0 Å². The van der Waals surface area contributed by atoms with Gasteiger partial charge in [0, 0.05) is 19.7 Å². The third-order valence-corrected chi connectivity index (χ3v) is 2.62. The average Bonchev–Trinajstić information content (AvgIpc) is 2.89. The van der Waals surface area contributed by atoms with Crippen LogP contribution >= 0.6 is 0 Å². The number of carbonyl (C=O) groups is 1. The maximum atomic E-state index is 11.8. The molecule has 0 saturated heterocycles. The van der Waals surface area contributed by atoms with Gasteiger partial charge in [0.05, 0.1) is 17.9 Å². The summed E-state index contributed by atoms with van der Waals surface area (Å²) >= 11 is 0. The van der Waals surface area contributed by atoms with Gasteiger partial charge in [-0.2, -0.15) is 5.10 Å². The number of anilines is 2. The molecule has 0 saturated carbocycles. The quantitative estimate of drug-likeness (QED) is 0.703. The number of hydrogen-bond donors (Lipinski definition) is 3. The molecule has 2 rings (SSSR count). The molecule has 0 radical (unpaired) electrons. The van der Waals surface area contributed by atoms with E-state index in [-0.39, 0.29) is 5.91 Å². The molecule has 100 valence electrons. The molecular formula is C12H16N6O. The van der Waals surface area contributed by atoms with Crippen LogP contribution in [0.4, 0.5) is 11.4 Å². The fourth-order valence-corrected chi connectivity index (χ4v) is 1.61. The molecule has 0 aliphatic carbocycles. The number of benzene rings is 1. The number of aromatic amines is 1. The molecule has 0 aliphatic heterocycles. The Morgan fingerprint density at radius 3 is 2.84 bits per heavy atom. The minimum Gasteiger partial charge on any atom is -0.397 e. The first-order valence-corrected chi connectivity index (χ1v) is 5.77. The van der Waals surface area contributed by atoms with Crippen LogP contribution in [-0.2, 0) is 6.54 Å². The maximum Gasteiger partial charge on any atom is 0.253 e. The monoisotopic (exact) mass is 260 g/mol. The van der Waals surface area contributed by atoms with E-state index in [1.807, 2.05) is 0 Å². The summed E-state index contributed by atoms with van der Waals surface area (Å²) < 4.78 is 0. The number of H-pyrrole nitrogens is 1. The number of nitrogens with zero attached hydrogens (tertiary/aromatic N) is 3. The second-order valence-corrected chi connectivity index (χ2v) is 4.29. The van der Waals surface area contributed by atoms with Crippen molar-refractivity contribution in [2.24, 2.45) is 0 Å². The molecular weight excluding hydrogens is 244 g/mol. The van der Waals surface area contributed by atoms with Crippen LogP contribution in [0.1, 0.15) is 16.2 Å². The summed E-state index contributed by atoms with van der Waals surface area (Å²) in [7, 11) is 3.41. The molecule has 1 heterocycles. The second kappa shape index (κ2) is 5.38. The molecule has 0 aliphatic rings. The third-order valence-electron chi connectivity index (χ3n) is 2.62. The normalized spacial score (nSPS) is 10.2. The summed E-state index contributed by atoms with van der Waals surface area (Å²) in [6.07, 6.45) is 1.44. The van der Waals surface area contributed by atoms with E-state index < -0.39 is 0 Å². The lowest BCUT2D eigenvalue weighted by atomic mass is 10.1. The van der Waals surface area contributed by atoms with Crippen molar-refractivity contribution in [3.63, 3.8) is 0 Å². The molecule has 0 fully saturated rings. The molecule has 0 bridgehead atoms. The van der Waals surface area contributed by atoms with Gasteiger partial charge in [-0.05, 0) is 18.2 Å². The van der Waals surface area contributed by atoms with Crippen molar-refractivity contribution in [2.45, 2.75) is 6.54 Å². The second-order valence-electron chi connectivity index (χ2n) is 4.29. The van der Waals surface area contributed by atoms with Gasteiger partial charge in [0.25, 0.3) is 5.91 Å². The van der Waals surface area contributed by atoms with E-state index in [0.29, 0.717) is 23.6 Å². The molecule has 7 nitrogen and oxygen atoms in total. The van der Waals surface area contributed by atoms with Crippen molar-refractivity contribution >= 4 is 17.3 Å². The van der Waals surface area contributed by atoms with Crippen molar-refractivity contribution in [1.29, 1.82) is 0 Å². The van der Waals surface area contributed by atoms with Crippen LogP contribution in [0.2, 0.25) is 0 Å². The Kier molecular flexibility index (Phi) is 3.65. The van der Waals surface area contributed by atoms with Gasteiger partial charge in [-0.25, -0.2) is 4.98 Å². The summed E-state index contributed by atoms with van der Waals surface area (Å²) in [6.45, 7) is 0.491. The van der Waals surface area contributed by atoms with Crippen LogP contribution in [0.5, 0.6) is 0 Å². The van der Waals surface area contributed by atoms with E-state index in [0.717, 1.165) is 5.69 Å². The lowest BCUT2D eigenvalue weighted by molar-refractivity contribution is 0.0827. The van der Waals surface area contributed by atoms with E-state index in [1.165, 1.54) is 11.2 Å². The summed E-state index contributed by atoms with van der Waals surface area (Å²) in [5.74, 6) is 0.640. The van der Waals surface area contributed by atoms with Crippen molar-refractivity contribution < 1.29 is 4.79 Å². The van der Waals surface area contributed by atoms with Crippen LogP contribution in [0.25, 0.3) is 0 Å². The Balaban J connectivity index is 2.09. The van der Waals surface area contributed by atoms with E-state index in [2.05, 4.69) is 20.5 Å². The van der Waals surface area contributed by atoms with Gasteiger partial charge < -0.3 is 16.0 Å². The number of amides is 1. The van der Waals surface area contributed by atoms with Crippen LogP contribution in [-0.4, -0.2) is 40.1 Å². The highest BCUT2D eigenvalue weighted by molar-refractivity contribution is 5.95. The molecule has 1 aromatic carbocycles. The summed E-state index contributed by atoms with van der Waals surface area (Å²) in [4.78, 5) is 17.3. The zero-order valence-electron chi connectivity index (χ0n) is 10.8. The number of carbonyl (C=O) groups excluding carboxylic acids is 1. The van der Waals surface area contributed by atoms with Crippen LogP contribution in [0.3, 0.4) is 0 Å². The van der Waals surface area contributed by atoms with Crippen LogP contribution in [0.15, 0.2) is 24.5 Å². The molecule has 19 heavy (non-hydrogen) atoms. The number of nitrogens with two attached hydrogens (primary N) is 1. The van der Waals surface area contributed by atoms with Gasteiger partial charge in [-0.1, -0.05) is 0 Å². The Morgan fingerprint density at radius 1 is 1.47 bits per heavy atom. The minimum absolute atomic E-state index is 0.0755. The Morgan fingerprint density at radius 2 is 2.26 bits per heavy atom. The summed E-state index contributed by atoms with van der Waals surface area (Å²) in [5, 5.41) is 9.63. The first kappa shape index (κ1) is 12.9. The van der Waals surface area contributed by atoms with Gasteiger partial charge in [0.1, 0.15) is 12.2 Å². The topological polar surface area (TPSA) is 99.9 Å². The fraction of sp³-hybridized carbons (Fsp3) is 0.250. The van der Waals surface area contributed by atoms with Crippen molar-refractivity contribution in [3.05, 3.63) is 35.9 Å². The standard InChI is InChI=1S/C12H16N6O/c1-18(2)12(19)8-3-4-10(9(13)5-8)14-6-11-15-7-16-17-11/h3-5,7,14H,6,13H2,1-2H3,(H,15,16,17). The van der Waals surface area contributed by atoms with Gasteiger partial charge >= 0.3 is 0 Å². The smallest absolute Gasteiger partial charge is 0.253 e. The van der Waals surface area contributed by atoms with Crippen LogP contribution in [0, 0.1) is 0 Å². The molecule has 4 N–H and O–H groups in total. The van der Waals surface area contributed by atoms with Crippen molar-refractivity contribution in [2.75, 3.05) is 25.1 Å². The predicted molar refractivity (Wildman–Crippen MR) is 72.6 cm³/mol. The van der Waals surface area contributed by atoms with Gasteiger partial charge in [0.2, 0.25) is 0 Å². The van der Waals surface area contributed by atoms with Gasteiger partial charge in [-0.3, -0.25) is 9.89 Å². The SMILES string of the molecule is CN(C)C(=O)c1ccc(NCc2ncn[nH]2)c(N)c1. The fourth-order valence-electron chi connectivity index (χ4n) is 1.61. The van der Waals surface area contributed by atoms with Crippen molar-refractivity contribution in [1.82, 2.24) is 20.1 Å². The van der Waals surface area contributed by atoms with E-state index in [9.17, 15) is 4.79 Å². The number of hydrogen-bond acceptors (Lipinski definition) is 5. The minimum atomic E-state index is -0.0755. The maximum absolute atomic E-state index is 11.8. The number of aromatic nitrogens is 3. The van der Waals surface area contributed by atoms with Crippen LogP contribution < -0.4 is 11.1 Å². The summed E-state index contributed by atoms with van der Waals surface area (Å²) in [5.41, 5.74) is 7.76. The molecule has 0 spiro atoms. The Labute approximate surface area is 110 Å². The summed E-state index contributed by atoms with van der Waals surface area (Å²) in [6, 6.07) is 5.18. The molecule has 2 aromatic rings. The number of rotatable bonds is 4. The lowest BCUT2D eigenvalue weighted by Gasteiger charge is -2.13. The first-order valence-electron chi connectivity index (χ1n) is 5.77. The Bertz CT molecular complexity index is 564. The van der Waals surface area contributed by atoms with E-state index in [1.54, 1.807) is 32.3 Å². The van der Waals surface area contributed by atoms with E-state index >= 15 is 0 Å². The molecule has 0 unspecified atom stereocenters. The van der Waals surface area contributed by atoms with Crippen molar-refractivity contribution in [3.8, 4) is 0 Å². The number of nitrogens with one attached hydrogen (secondary N) is 2. The first-order chi connectivity index (χ1) is 9.08. The molecule has 1 amide bonds. The van der Waals surface area contributed by atoms with E-state index in [4.69, 9.17) is 5.73 Å². The highest BCUT2D eigenvalue weighted by atomic mass is 16.2. The van der Waals surface area contributed by atoms with Gasteiger partial charge in [0.15, 0.2) is 0 Å². The molecule has 7 heteroatoms. The molecule has 1 aromatic heterocycles. The predicted octanol–water partition coefficient (Wildman–Crippen LogP) is 0.701. The highest BCUT2D eigenvalue weighted by Gasteiger charge is 2.10. The Hall–Kier alpha value is -2.57. The molecule has 0 atom stereocenters. The largest absolute Gasteiger partial charge is 0.397 e. The lowest BCUT2D eigenvalue weighted by Crippen LogP contribution is -2.21. The number of nitrogen functional groups attached to an aromatic ring is 1. The average molecular weight is 260 g/mol.